The molecule has 4 rings (SSSR count). The lowest BCUT2D eigenvalue weighted by atomic mass is 10.2. The third-order valence-electron chi connectivity index (χ3n) is 5.13. The summed E-state index contributed by atoms with van der Waals surface area (Å²) in [5, 5.41) is 6.21. The minimum absolute atomic E-state index is 0.271. The summed E-state index contributed by atoms with van der Waals surface area (Å²) in [4.78, 5) is 43.4. The quantitative estimate of drug-likeness (QED) is 0.351. The van der Waals surface area contributed by atoms with Crippen molar-refractivity contribution in [1.29, 1.82) is 0 Å². The molecule has 0 aliphatic carbocycles. The molecule has 1 unspecified atom stereocenters. The minimum atomic E-state index is -0.962. The van der Waals surface area contributed by atoms with Gasteiger partial charge in [-0.05, 0) is 55.5 Å². The van der Waals surface area contributed by atoms with Crippen LogP contribution in [0.25, 0.3) is 10.2 Å². The van der Waals surface area contributed by atoms with Crippen LogP contribution >= 0.6 is 11.3 Å². The number of carbonyl (C=O) groups is 3. The van der Waals surface area contributed by atoms with Crippen LogP contribution in [-0.2, 0) is 16.1 Å². The molecule has 1 atom stereocenters. The van der Waals surface area contributed by atoms with Crippen LogP contribution in [0.2, 0.25) is 0 Å². The number of amides is 3. The second-order valence-corrected chi connectivity index (χ2v) is 8.95. The SMILES string of the molecule is CC(OC(=O)c1ccc(NC(=O)Nc2ccccc2)cc1)C(=O)N(C)Cc1nc2ccccc2s1. The second-order valence-electron chi connectivity index (χ2n) is 7.84. The van der Waals surface area contributed by atoms with Crippen LogP contribution in [0.5, 0.6) is 0 Å². The number of nitrogens with one attached hydrogen (secondary N) is 2. The average Bonchev–Trinajstić information content (AvgIpc) is 3.26. The summed E-state index contributed by atoms with van der Waals surface area (Å²) >= 11 is 1.52. The van der Waals surface area contributed by atoms with E-state index >= 15 is 0 Å². The number of rotatable bonds is 7. The fraction of sp³-hybridized carbons (Fsp3) is 0.154. The predicted molar refractivity (Wildman–Crippen MR) is 136 cm³/mol. The summed E-state index contributed by atoms with van der Waals surface area (Å²) in [5.74, 6) is -0.951. The van der Waals surface area contributed by atoms with E-state index in [2.05, 4.69) is 15.6 Å². The number of thiazole rings is 1. The van der Waals surface area contributed by atoms with Gasteiger partial charge >= 0.3 is 12.0 Å². The Kier molecular flexibility index (Phi) is 7.37. The van der Waals surface area contributed by atoms with E-state index in [1.165, 1.54) is 28.4 Å². The summed E-state index contributed by atoms with van der Waals surface area (Å²) in [6.07, 6.45) is -0.962. The lowest BCUT2D eigenvalue weighted by Gasteiger charge is -2.20. The molecule has 3 amide bonds. The molecule has 9 heteroatoms. The van der Waals surface area contributed by atoms with Crippen molar-refractivity contribution in [2.24, 2.45) is 0 Å². The third kappa shape index (κ3) is 6.21. The van der Waals surface area contributed by atoms with E-state index in [9.17, 15) is 14.4 Å². The van der Waals surface area contributed by atoms with Gasteiger partial charge in [-0.15, -0.1) is 11.3 Å². The molecule has 0 saturated carbocycles. The number of fused-ring (bicyclic) bond motifs is 1. The van der Waals surface area contributed by atoms with Crippen molar-refractivity contribution in [2.75, 3.05) is 17.7 Å². The molecular formula is C26H24N4O4S. The van der Waals surface area contributed by atoms with Gasteiger partial charge in [0.1, 0.15) is 5.01 Å². The molecular weight excluding hydrogens is 464 g/mol. The largest absolute Gasteiger partial charge is 0.449 e. The lowest BCUT2D eigenvalue weighted by molar-refractivity contribution is -0.139. The Hall–Kier alpha value is -4.24. The lowest BCUT2D eigenvalue weighted by Crippen LogP contribution is -2.37. The van der Waals surface area contributed by atoms with Gasteiger partial charge in [-0.1, -0.05) is 30.3 Å². The molecule has 8 nitrogen and oxygen atoms in total. The summed E-state index contributed by atoms with van der Waals surface area (Å²) in [7, 11) is 1.65. The number of carbonyl (C=O) groups excluding carboxylic acids is 3. The number of nitrogens with zero attached hydrogens (tertiary/aromatic N) is 2. The van der Waals surface area contributed by atoms with Gasteiger partial charge in [0.2, 0.25) is 0 Å². The molecule has 4 aromatic rings. The highest BCUT2D eigenvalue weighted by Gasteiger charge is 2.23. The van der Waals surface area contributed by atoms with Crippen molar-refractivity contribution in [3.63, 3.8) is 0 Å². The first kappa shape index (κ1) is 23.9. The maximum atomic E-state index is 12.7. The minimum Gasteiger partial charge on any atom is -0.449 e. The van der Waals surface area contributed by atoms with Gasteiger partial charge < -0.3 is 20.3 Å². The Balaban J connectivity index is 1.29. The highest BCUT2D eigenvalue weighted by atomic mass is 32.1. The molecule has 0 bridgehead atoms. The molecule has 0 spiro atoms. The van der Waals surface area contributed by atoms with Crippen LogP contribution in [0.15, 0.2) is 78.9 Å². The van der Waals surface area contributed by atoms with Crippen molar-refractivity contribution < 1.29 is 19.1 Å². The molecule has 1 heterocycles. The Morgan fingerprint density at radius 1 is 0.914 bits per heavy atom. The fourth-order valence-corrected chi connectivity index (χ4v) is 4.38. The Labute approximate surface area is 206 Å². The smallest absolute Gasteiger partial charge is 0.338 e. The molecule has 1 aromatic heterocycles. The Morgan fingerprint density at radius 2 is 1.54 bits per heavy atom. The number of hydrogen-bond acceptors (Lipinski definition) is 6. The van der Waals surface area contributed by atoms with Crippen LogP contribution in [0.1, 0.15) is 22.3 Å². The number of esters is 1. The van der Waals surface area contributed by atoms with Crippen molar-refractivity contribution >= 4 is 50.8 Å². The van der Waals surface area contributed by atoms with Gasteiger partial charge in [-0.2, -0.15) is 0 Å². The van der Waals surface area contributed by atoms with E-state index in [0.717, 1.165) is 15.2 Å². The summed E-state index contributed by atoms with van der Waals surface area (Å²) in [5.41, 5.74) is 2.34. The van der Waals surface area contributed by atoms with Crippen LogP contribution in [-0.4, -0.2) is 40.9 Å². The van der Waals surface area contributed by atoms with Crippen LogP contribution in [0.4, 0.5) is 16.2 Å². The number of ether oxygens (including phenoxy) is 1. The van der Waals surface area contributed by atoms with Gasteiger partial charge in [0.15, 0.2) is 6.10 Å². The van der Waals surface area contributed by atoms with Crippen molar-refractivity contribution in [1.82, 2.24) is 9.88 Å². The number of likely N-dealkylation sites (N-methyl/N-ethyl adjacent to an activating group) is 1. The average molecular weight is 489 g/mol. The van der Waals surface area contributed by atoms with Crippen molar-refractivity contribution in [2.45, 2.75) is 19.6 Å². The monoisotopic (exact) mass is 488 g/mol. The highest BCUT2D eigenvalue weighted by molar-refractivity contribution is 7.18. The predicted octanol–water partition coefficient (Wildman–Crippen LogP) is 5.14. The van der Waals surface area contributed by atoms with Crippen molar-refractivity contribution in [3.05, 3.63) is 89.4 Å². The molecule has 0 radical (unpaired) electrons. The second kappa shape index (κ2) is 10.8. The zero-order valence-corrected chi connectivity index (χ0v) is 20.0. The molecule has 0 aliphatic rings. The van der Waals surface area contributed by atoms with Gasteiger partial charge in [0, 0.05) is 18.4 Å². The molecule has 178 valence electrons. The number of aromatic nitrogens is 1. The molecule has 0 aliphatic heterocycles. The van der Waals surface area contributed by atoms with Crippen LogP contribution < -0.4 is 10.6 Å². The summed E-state index contributed by atoms with van der Waals surface area (Å²) in [6, 6.07) is 22.7. The van der Waals surface area contributed by atoms with E-state index in [4.69, 9.17) is 4.74 Å². The van der Waals surface area contributed by atoms with Crippen molar-refractivity contribution in [3.8, 4) is 0 Å². The number of urea groups is 1. The molecule has 0 fully saturated rings. The van der Waals surface area contributed by atoms with E-state index in [1.807, 2.05) is 42.5 Å². The molecule has 35 heavy (non-hydrogen) atoms. The van der Waals surface area contributed by atoms with Crippen LogP contribution in [0, 0.1) is 0 Å². The first-order valence-electron chi connectivity index (χ1n) is 10.9. The number of para-hydroxylation sites is 2. The highest BCUT2D eigenvalue weighted by Crippen LogP contribution is 2.22. The summed E-state index contributed by atoms with van der Waals surface area (Å²) in [6.45, 7) is 1.87. The maximum absolute atomic E-state index is 12.7. The zero-order valence-electron chi connectivity index (χ0n) is 19.2. The standard InChI is InChI=1S/C26H24N4O4S/c1-17(24(31)30(2)16-23-29-21-10-6-7-11-22(21)35-23)34-25(32)18-12-14-20(15-13-18)28-26(33)27-19-8-4-3-5-9-19/h3-15,17H,16H2,1-2H3,(H2,27,28,33). The van der Waals surface area contributed by atoms with Crippen LogP contribution in [0.3, 0.4) is 0 Å². The van der Waals surface area contributed by atoms with Gasteiger partial charge in [0.05, 0.1) is 22.3 Å². The van der Waals surface area contributed by atoms with Gasteiger partial charge in [0.25, 0.3) is 5.91 Å². The first-order chi connectivity index (χ1) is 16.9. The zero-order chi connectivity index (χ0) is 24.8. The number of hydrogen-bond donors (Lipinski definition) is 2. The Morgan fingerprint density at radius 3 is 2.23 bits per heavy atom. The number of benzene rings is 3. The third-order valence-corrected chi connectivity index (χ3v) is 6.15. The first-order valence-corrected chi connectivity index (χ1v) is 11.7. The van der Waals surface area contributed by atoms with E-state index in [1.54, 1.807) is 38.2 Å². The summed E-state index contributed by atoms with van der Waals surface area (Å²) < 4.78 is 6.42. The maximum Gasteiger partial charge on any atom is 0.338 e. The van der Waals surface area contributed by atoms with E-state index < -0.39 is 18.1 Å². The van der Waals surface area contributed by atoms with E-state index in [0.29, 0.717) is 17.9 Å². The fourth-order valence-electron chi connectivity index (χ4n) is 3.36. The number of anilines is 2. The Bertz CT molecular complexity index is 1310. The van der Waals surface area contributed by atoms with Gasteiger partial charge in [-0.25, -0.2) is 14.6 Å². The molecule has 2 N–H and O–H groups in total. The van der Waals surface area contributed by atoms with E-state index in [-0.39, 0.29) is 11.5 Å². The molecule has 0 saturated heterocycles. The normalized spacial score (nSPS) is 11.5. The topological polar surface area (TPSA) is 101 Å². The molecule has 3 aromatic carbocycles. The van der Waals surface area contributed by atoms with Gasteiger partial charge in [-0.3, -0.25) is 4.79 Å².